The van der Waals surface area contributed by atoms with Crippen LogP contribution in [0.5, 0.6) is 5.75 Å². The lowest BCUT2D eigenvalue weighted by Gasteiger charge is -2.48. The first-order valence-electron chi connectivity index (χ1n) is 10.8. The van der Waals surface area contributed by atoms with Gasteiger partial charge in [-0.3, -0.25) is 9.69 Å². The van der Waals surface area contributed by atoms with Crippen molar-refractivity contribution in [1.29, 1.82) is 0 Å². The van der Waals surface area contributed by atoms with Gasteiger partial charge < -0.3 is 14.8 Å². The summed E-state index contributed by atoms with van der Waals surface area (Å²) < 4.78 is 11.5. The molecule has 3 rings (SSSR count). The first-order chi connectivity index (χ1) is 13.5. The maximum Gasteiger partial charge on any atom is 0.258 e. The molecule has 1 aliphatic carbocycles. The van der Waals surface area contributed by atoms with Gasteiger partial charge >= 0.3 is 0 Å². The van der Waals surface area contributed by atoms with E-state index in [1.807, 2.05) is 13.0 Å². The van der Waals surface area contributed by atoms with Crippen LogP contribution in [-0.4, -0.2) is 55.8 Å². The number of nitrogens with zero attached hydrogens (tertiary/aromatic N) is 1. The summed E-state index contributed by atoms with van der Waals surface area (Å²) in [6.45, 7) is 10.6. The number of hydrogen-bond acceptors (Lipinski definition) is 4. The van der Waals surface area contributed by atoms with Crippen molar-refractivity contribution >= 4 is 18.3 Å². The molecule has 1 amide bonds. The third kappa shape index (κ3) is 6.34. The number of hydrogen-bond donors (Lipinski definition) is 1. The van der Waals surface area contributed by atoms with Gasteiger partial charge in [0.1, 0.15) is 5.75 Å². The molecule has 0 aromatic heterocycles. The number of ether oxygens (including phenoxy) is 2. The molecule has 29 heavy (non-hydrogen) atoms. The van der Waals surface area contributed by atoms with Crippen LogP contribution < -0.4 is 10.1 Å². The minimum Gasteiger partial charge on any atom is -0.483 e. The average molecular weight is 425 g/mol. The van der Waals surface area contributed by atoms with Crippen molar-refractivity contribution in [2.45, 2.75) is 64.3 Å². The van der Waals surface area contributed by atoms with Crippen molar-refractivity contribution in [1.82, 2.24) is 10.2 Å². The summed E-state index contributed by atoms with van der Waals surface area (Å²) in [6, 6.07) is 6.22. The topological polar surface area (TPSA) is 50.8 Å². The first kappa shape index (κ1) is 24.0. The average Bonchev–Trinajstić information content (AvgIpc) is 2.72. The Labute approximate surface area is 181 Å². The van der Waals surface area contributed by atoms with Crippen molar-refractivity contribution in [3.8, 4) is 5.75 Å². The highest BCUT2D eigenvalue weighted by molar-refractivity contribution is 5.85. The lowest BCUT2D eigenvalue weighted by molar-refractivity contribution is -0.124. The molecule has 1 heterocycles. The van der Waals surface area contributed by atoms with Gasteiger partial charge in [0.25, 0.3) is 5.91 Å². The van der Waals surface area contributed by atoms with Gasteiger partial charge in [0.05, 0.1) is 13.2 Å². The maximum atomic E-state index is 12.6. The molecular formula is C23H37ClN2O3. The van der Waals surface area contributed by atoms with E-state index in [1.165, 1.54) is 19.3 Å². The molecule has 0 radical (unpaired) electrons. The van der Waals surface area contributed by atoms with E-state index in [2.05, 4.69) is 36.2 Å². The number of aryl methyl sites for hydroxylation is 1. The second-order valence-electron chi connectivity index (χ2n) is 8.65. The van der Waals surface area contributed by atoms with Crippen molar-refractivity contribution in [2.24, 2.45) is 0 Å². The number of morpholine rings is 1. The quantitative estimate of drug-likeness (QED) is 0.716. The Morgan fingerprint density at radius 2 is 1.90 bits per heavy atom. The second-order valence-corrected chi connectivity index (χ2v) is 8.65. The molecule has 1 N–H and O–H groups in total. The Kier molecular flexibility index (Phi) is 9.25. The van der Waals surface area contributed by atoms with Crippen LogP contribution in [0, 0.1) is 6.92 Å². The number of carbonyl (C=O) groups excluding carboxylic acids is 1. The van der Waals surface area contributed by atoms with Crippen LogP contribution in [-0.2, 0) is 9.53 Å². The fourth-order valence-electron chi connectivity index (χ4n) is 4.55. The van der Waals surface area contributed by atoms with E-state index < -0.39 is 0 Å². The number of carbonyl (C=O) groups is 1. The molecule has 1 aromatic rings. The summed E-state index contributed by atoms with van der Waals surface area (Å²) in [5, 5.41) is 3.18. The molecule has 164 valence electrons. The minimum atomic E-state index is -0.0329. The number of halogens is 1. The molecule has 0 atom stereocenters. The second kappa shape index (κ2) is 11.2. The van der Waals surface area contributed by atoms with Crippen LogP contribution in [0.25, 0.3) is 0 Å². The van der Waals surface area contributed by atoms with E-state index in [4.69, 9.17) is 9.47 Å². The summed E-state index contributed by atoms with van der Waals surface area (Å²) in [6.07, 6.45) is 6.09. The molecular weight excluding hydrogens is 388 g/mol. The highest BCUT2D eigenvalue weighted by Gasteiger charge is 2.38. The molecule has 0 bridgehead atoms. The van der Waals surface area contributed by atoms with Crippen LogP contribution >= 0.6 is 12.4 Å². The van der Waals surface area contributed by atoms with Gasteiger partial charge in [0.15, 0.2) is 6.61 Å². The van der Waals surface area contributed by atoms with E-state index in [1.54, 1.807) is 0 Å². The van der Waals surface area contributed by atoms with Gasteiger partial charge in [-0.1, -0.05) is 45.2 Å². The van der Waals surface area contributed by atoms with Crippen molar-refractivity contribution in [3.05, 3.63) is 29.3 Å². The molecule has 1 aromatic carbocycles. The van der Waals surface area contributed by atoms with Crippen LogP contribution in [0.2, 0.25) is 0 Å². The summed E-state index contributed by atoms with van der Waals surface area (Å²) in [5.41, 5.74) is 2.38. The van der Waals surface area contributed by atoms with Gasteiger partial charge in [-0.25, -0.2) is 0 Å². The highest BCUT2D eigenvalue weighted by atomic mass is 35.5. The van der Waals surface area contributed by atoms with Gasteiger partial charge in [-0.05, 0) is 42.9 Å². The van der Waals surface area contributed by atoms with E-state index >= 15 is 0 Å². The minimum absolute atomic E-state index is 0. The molecule has 1 aliphatic heterocycles. The summed E-state index contributed by atoms with van der Waals surface area (Å²) in [4.78, 5) is 15.1. The lowest BCUT2D eigenvalue weighted by Crippen LogP contribution is -2.60. The van der Waals surface area contributed by atoms with Crippen LogP contribution in [0.1, 0.15) is 63.0 Å². The zero-order chi connectivity index (χ0) is 20.0. The number of amides is 1. The van der Waals surface area contributed by atoms with E-state index in [0.717, 1.165) is 56.0 Å². The Morgan fingerprint density at radius 1 is 1.21 bits per heavy atom. The summed E-state index contributed by atoms with van der Waals surface area (Å²) in [5.74, 6) is 1.16. The fraction of sp³-hybridized carbons (Fsp3) is 0.696. The predicted molar refractivity (Wildman–Crippen MR) is 119 cm³/mol. The van der Waals surface area contributed by atoms with Crippen molar-refractivity contribution in [2.75, 3.05) is 39.5 Å². The third-order valence-corrected chi connectivity index (χ3v) is 6.23. The SMILES string of the molecule is Cc1ccc(C(C)C)c(OCC(=O)NCC2(N3CCOCC3)CCCCC2)c1.Cl. The number of rotatable bonds is 7. The molecule has 0 unspecified atom stereocenters. The Hall–Kier alpha value is -1.30. The molecule has 6 heteroatoms. The Balaban J connectivity index is 0.00000300. The zero-order valence-corrected chi connectivity index (χ0v) is 19.0. The molecule has 2 aliphatic rings. The largest absolute Gasteiger partial charge is 0.483 e. The van der Waals surface area contributed by atoms with E-state index in [9.17, 15) is 4.79 Å². The molecule has 1 saturated carbocycles. The van der Waals surface area contributed by atoms with E-state index in [-0.39, 0.29) is 30.5 Å². The smallest absolute Gasteiger partial charge is 0.258 e. The van der Waals surface area contributed by atoms with Gasteiger partial charge in [-0.2, -0.15) is 0 Å². The van der Waals surface area contributed by atoms with Crippen molar-refractivity contribution < 1.29 is 14.3 Å². The number of benzene rings is 1. The predicted octanol–water partition coefficient (Wildman–Crippen LogP) is 4.07. The van der Waals surface area contributed by atoms with Gasteiger partial charge in [0.2, 0.25) is 0 Å². The van der Waals surface area contributed by atoms with Crippen molar-refractivity contribution in [3.63, 3.8) is 0 Å². The third-order valence-electron chi connectivity index (χ3n) is 6.23. The molecule has 5 nitrogen and oxygen atoms in total. The summed E-state index contributed by atoms with van der Waals surface area (Å²) >= 11 is 0. The molecule has 2 fully saturated rings. The molecule has 1 saturated heterocycles. The van der Waals surface area contributed by atoms with Crippen LogP contribution in [0.15, 0.2) is 18.2 Å². The van der Waals surface area contributed by atoms with Gasteiger partial charge in [0, 0.05) is 25.2 Å². The monoisotopic (exact) mass is 424 g/mol. The normalized spacial score (nSPS) is 19.4. The summed E-state index contributed by atoms with van der Waals surface area (Å²) in [7, 11) is 0. The Bertz CT molecular complexity index is 654. The standard InChI is InChI=1S/C23H36N2O3.ClH/c1-18(2)20-8-7-19(3)15-21(20)28-16-22(26)24-17-23(9-5-4-6-10-23)25-11-13-27-14-12-25;/h7-8,15,18H,4-6,9-14,16-17H2,1-3H3,(H,24,26);1H. The van der Waals surface area contributed by atoms with Crippen LogP contribution in [0.3, 0.4) is 0 Å². The highest BCUT2D eigenvalue weighted by Crippen LogP contribution is 2.34. The zero-order valence-electron chi connectivity index (χ0n) is 18.2. The molecule has 0 spiro atoms. The maximum absolute atomic E-state index is 12.6. The fourth-order valence-corrected chi connectivity index (χ4v) is 4.55. The first-order valence-corrected chi connectivity index (χ1v) is 10.8. The number of nitrogens with one attached hydrogen (secondary N) is 1. The Morgan fingerprint density at radius 3 is 2.55 bits per heavy atom. The van der Waals surface area contributed by atoms with E-state index in [0.29, 0.717) is 12.5 Å². The van der Waals surface area contributed by atoms with Crippen LogP contribution in [0.4, 0.5) is 0 Å². The lowest BCUT2D eigenvalue weighted by atomic mass is 9.79. The van der Waals surface area contributed by atoms with Gasteiger partial charge in [-0.15, -0.1) is 12.4 Å².